The van der Waals surface area contributed by atoms with Gasteiger partial charge in [0.25, 0.3) is 0 Å². The summed E-state index contributed by atoms with van der Waals surface area (Å²) < 4.78 is 14.0. The summed E-state index contributed by atoms with van der Waals surface area (Å²) in [4.78, 5) is 0.539. The Kier molecular flexibility index (Phi) is 3.39. The van der Waals surface area contributed by atoms with Gasteiger partial charge in [-0.25, -0.2) is 4.39 Å². The van der Waals surface area contributed by atoms with Crippen molar-refractivity contribution in [2.75, 3.05) is 0 Å². The summed E-state index contributed by atoms with van der Waals surface area (Å²) in [7, 11) is 0. The highest BCUT2D eigenvalue weighted by Gasteiger charge is 2.34. The Labute approximate surface area is 105 Å². The molecule has 0 amide bonds. The number of alkyl halides is 1. The Morgan fingerprint density at radius 1 is 1.25 bits per heavy atom. The van der Waals surface area contributed by atoms with Crippen LogP contribution in [0.1, 0.15) is 42.4 Å². The third-order valence-electron chi connectivity index (χ3n) is 3.81. The Balaban J connectivity index is 2.41. The molecular weight excluding hydrogens is 267 g/mol. The average molecular weight is 285 g/mol. The normalized spacial score (nSPS) is 29.7. The summed E-state index contributed by atoms with van der Waals surface area (Å²) in [6, 6.07) is 3.75. The molecule has 1 saturated carbocycles. The molecule has 1 aliphatic rings. The van der Waals surface area contributed by atoms with E-state index in [4.69, 9.17) is 0 Å². The molecule has 0 N–H and O–H groups in total. The molecule has 0 nitrogen and oxygen atoms in total. The molecule has 0 aliphatic heterocycles. The van der Waals surface area contributed by atoms with Gasteiger partial charge < -0.3 is 0 Å². The van der Waals surface area contributed by atoms with Crippen LogP contribution in [0.2, 0.25) is 0 Å². The minimum absolute atomic E-state index is 0.0176. The lowest BCUT2D eigenvalue weighted by Gasteiger charge is -2.21. The number of hydrogen-bond donors (Lipinski definition) is 0. The molecule has 0 aromatic heterocycles. The van der Waals surface area contributed by atoms with Crippen LogP contribution in [0.5, 0.6) is 0 Å². The third kappa shape index (κ3) is 2.04. The molecule has 3 atom stereocenters. The number of benzene rings is 1. The lowest BCUT2D eigenvalue weighted by Crippen LogP contribution is -2.12. The van der Waals surface area contributed by atoms with Crippen molar-refractivity contribution < 1.29 is 4.39 Å². The first-order valence-corrected chi connectivity index (χ1v) is 6.83. The molecule has 0 spiro atoms. The molecular formula is C14H18BrF. The number of aryl methyl sites for hydroxylation is 2. The maximum absolute atomic E-state index is 14.0. The molecule has 16 heavy (non-hydrogen) atoms. The number of hydrogen-bond acceptors (Lipinski definition) is 0. The second-order valence-electron chi connectivity index (χ2n) is 5.04. The zero-order valence-corrected chi connectivity index (χ0v) is 11.6. The second-order valence-corrected chi connectivity index (χ2v) is 6.21. The Bertz CT molecular complexity index is 377. The van der Waals surface area contributed by atoms with Gasteiger partial charge >= 0.3 is 0 Å². The lowest BCUT2D eigenvalue weighted by molar-refractivity contribution is 0.505. The minimum atomic E-state index is -0.0176. The van der Waals surface area contributed by atoms with E-state index in [0.29, 0.717) is 16.7 Å². The first-order valence-electron chi connectivity index (χ1n) is 5.91. The van der Waals surface area contributed by atoms with Crippen molar-refractivity contribution in [3.8, 4) is 0 Å². The molecule has 2 heteroatoms. The first kappa shape index (κ1) is 12.1. The fourth-order valence-corrected chi connectivity index (χ4v) is 3.55. The predicted molar refractivity (Wildman–Crippen MR) is 69.7 cm³/mol. The van der Waals surface area contributed by atoms with Gasteiger partial charge in [-0.3, -0.25) is 0 Å². The molecule has 1 fully saturated rings. The van der Waals surface area contributed by atoms with Crippen LogP contribution in [0.15, 0.2) is 12.1 Å². The topological polar surface area (TPSA) is 0 Å². The molecule has 88 valence electrons. The quantitative estimate of drug-likeness (QED) is 0.655. The van der Waals surface area contributed by atoms with E-state index in [0.717, 1.165) is 29.5 Å². The van der Waals surface area contributed by atoms with E-state index in [9.17, 15) is 4.39 Å². The maximum atomic E-state index is 14.0. The highest BCUT2D eigenvalue weighted by atomic mass is 79.9. The van der Waals surface area contributed by atoms with Crippen molar-refractivity contribution in [1.29, 1.82) is 0 Å². The van der Waals surface area contributed by atoms with Gasteiger partial charge in [-0.1, -0.05) is 28.9 Å². The van der Waals surface area contributed by atoms with E-state index in [1.165, 1.54) is 0 Å². The molecule has 1 aromatic carbocycles. The SMILES string of the molecule is Cc1cc(C)c(C2CCC(Br)C2C)c(F)c1. The van der Waals surface area contributed by atoms with Crippen LogP contribution in [0.25, 0.3) is 0 Å². The van der Waals surface area contributed by atoms with Gasteiger partial charge in [0, 0.05) is 4.83 Å². The van der Waals surface area contributed by atoms with Crippen molar-refractivity contribution in [3.05, 3.63) is 34.6 Å². The van der Waals surface area contributed by atoms with Crippen LogP contribution in [-0.4, -0.2) is 4.83 Å². The predicted octanol–water partition coefficient (Wildman–Crippen LogP) is 4.72. The molecule has 0 heterocycles. The van der Waals surface area contributed by atoms with Crippen molar-refractivity contribution in [1.82, 2.24) is 0 Å². The summed E-state index contributed by atoms with van der Waals surface area (Å²) in [6.45, 7) is 6.20. The fourth-order valence-electron chi connectivity index (χ4n) is 2.92. The van der Waals surface area contributed by atoms with E-state index in [2.05, 4.69) is 28.9 Å². The summed E-state index contributed by atoms with van der Waals surface area (Å²) in [5.41, 5.74) is 3.07. The molecule has 1 aromatic rings. The van der Waals surface area contributed by atoms with Crippen LogP contribution in [0.4, 0.5) is 4.39 Å². The lowest BCUT2D eigenvalue weighted by atomic mass is 9.86. The van der Waals surface area contributed by atoms with Crippen molar-refractivity contribution in [2.24, 2.45) is 5.92 Å². The van der Waals surface area contributed by atoms with Crippen LogP contribution < -0.4 is 0 Å². The van der Waals surface area contributed by atoms with E-state index >= 15 is 0 Å². The third-order valence-corrected chi connectivity index (χ3v) is 5.10. The highest BCUT2D eigenvalue weighted by molar-refractivity contribution is 9.09. The van der Waals surface area contributed by atoms with Crippen molar-refractivity contribution >= 4 is 15.9 Å². The average Bonchev–Trinajstić information content (AvgIpc) is 2.48. The largest absolute Gasteiger partial charge is 0.207 e. The van der Waals surface area contributed by atoms with Crippen LogP contribution in [-0.2, 0) is 0 Å². The molecule has 0 bridgehead atoms. The van der Waals surface area contributed by atoms with Crippen molar-refractivity contribution in [3.63, 3.8) is 0 Å². The Morgan fingerprint density at radius 3 is 2.44 bits per heavy atom. The summed E-state index contributed by atoms with van der Waals surface area (Å²) in [6.07, 6.45) is 2.25. The summed E-state index contributed by atoms with van der Waals surface area (Å²) in [5.74, 6) is 0.886. The Hall–Kier alpha value is -0.370. The minimum Gasteiger partial charge on any atom is -0.207 e. The van der Waals surface area contributed by atoms with Gasteiger partial charge in [-0.05, 0) is 61.3 Å². The molecule has 3 unspecified atom stereocenters. The van der Waals surface area contributed by atoms with E-state index in [1.54, 1.807) is 6.07 Å². The zero-order valence-electron chi connectivity index (χ0n) is 10.1. The van der Waals surface area contributed by atoms with Crippen LogP contribution >= 0.6 is 15.9 Å². The Morgan fingerprint density at radius 2 is 1.94 bits per heavy atom. The van der Waals surface area contributed by atoms with Gasteiger partial charge in [0.05, 0.1) is 0 Å². The van der Waals surface area contributed by atoms with Gasteiger partial charge in [-0.2, -0.15) is 0 Å². The molecule has 1 aliphatic carbocycles. The molecule has 0 saturated heterocycles. The second kappa shape index (κ2) is 4.48. The fraction of sp³-hybridized carbons (Fsp3) is 0.571. The summed E-state index contributed by atoms with van der Waals surface area (Å²) in [5, 5.41) is 0. The standard InChI is InChI=1S/C14H18BrF/c1-8-6-9(2)14(13(16)7-8)11-4-5-12(15)10(11)3/h6-7,10-12H,4-5H2,1-3H3. The highest BCUT2D eigenvalue weighted by Crippen LogP contribution is 2.44. The van der Waals surface area contributed by atoms with Crippen LogP contribution in [0.3, 0.4) is 0 Å². The molecule has 0 radical (unpaired) electrons. The monoisotopic (exact) mass is 284 g/mol. The number of rotatable bonds is 1. The molecule has 2 rings (SSSR count). The maximum Gasteiger partial charge on any atom is 0.127 e. The van der Waals surface area contributed by atoms with Crippen LogP contribution in [0, 0.1) is 25.6 Å². The zero-order chi connectivity index (χ0) is 11.9. The van der Waals surface area contributed by atoms with Crippen molar-refractivity contribution in [2.45, 2.75) is 44.4 Å². The van der Waals surface area contributed by atoms with Gasteiger partial charge in [-0.15, -0.1) is 0 Å². The number of halogens is 2. The van der Waals surface area contributed by atoms with E-state index < -0.39 is 0 Å². The van der Waals surface area contributed by atoms with E-state index in [-0.39, 0.29) is 5.82 Å². The first-order chi connectivity index (χ1) is 7.50. The smallest absolute Gasteiger partial charge is 0.127 e. The van der Waals surface area contributed by atoms with Gasteiger partial charge in [0.15, 0.2) is 0 Å². The van der Waals surface area contributed by atoms with Gasteiger partial charge in [0.2, 0.25) is 0 Å². The van der Waals surface area contributed by atoms with E-state index in [1.807, 2.05) is 13.8 Å². The summed E-state index contributed by atoms with van der Waals surface area (Å²) >= 11 is 3.68. The van der Waals surface area contributed by atoms with Gasteiger partial charge in [0.1, 0.15) is 5.82 Å².